The maximum absolute atomic E-state index is 13.3. The summed E-state index contributed by atoms with van der Waals surface area (Å²) in [6, 6.07) is 0.844. The summed E-state index contributed by atoms with van der Waals surface area (Å²) in [4.78, 5) is 24.5. The Labute approximate surface area is 181 Å². The van der Waals surface area contributed by atoms with Crippen LogP contribution in [0, 0.1) is 0 Å². The minimum Gasteiger partial charge on any atom is -0.329 e. The highest BCUT2D eigenvalue weighted by Gasteiger charge is 2.32. The van der Waals surface area contributed by atoms with Gasteiger partial charge in [-0.3, -0.25) is 5.32 Å². The molecule has 1 N–H and O–H groups in total. The molecule has 158 valence electrons. The van der Waals surface area contributed by atoms with Crippen molar-refractivity contribution >= 4 is 34.3 Å². The molecule has 0 aromatic carbocycles. The summed E-state index contributed by atoms with van der Waals surface area (Å²) < 4.78 is 2.01. The lowest BCUT2D eigenvalue weighted by atomic mass is 9.89. The van der Waals surface area contributed by atoms with Crippen LogP contribution in [0.25, 0.3) is 0 Å². The fourth-order valence-electron chi connectivity index (χ4n) is 4.56. The standard InChI is InChI=1S/C21H31N5OS2/c1-25-13-12-22-21(25)29-15-16-14-28-19(23-16)24-20(27)26(17-8-4-2-5-9-17)18-10-6-3-7-11-18/h12-14,17-18H,2-11,15H2,1H3,(H,23,24,27). The van der Waals surface area contributed by atoms with Crippen molar-refractivity contribution in [1.82, 2.24) is 19.4 Å². The van der Waals surface area contributed by atoms with E-state index in [0.717, 1.165) is 42.3 Å². The van der Waals surface area contributed by atoms with Crippen molar-refractivity contribution in [1.29, 1.82) is 0 Å². The first-order chi connectivity index (χ1) is 14.2. The van der Waals surface area contributed by atoms with E-state index in [-0.39, 0.29) is 6.03 Å². The molecule has 0 spiro atoms. The summed E-state index contributed by atoms with van der Waals surface area (Å²) >= 11 is 3.18. The summed E-state index contributed by atoms with van der Waals surface area (Å²) in [6.07, 6.45) is 15.9. The highest BCUT2D eigenvalue weighted by molar-refractivity contribution is 7.98. The van der Waals surface area contributed by atoms with Gasteiger partial charge in [-0.15, -0.1) is 11.3 Å². The second kappa shape index (κ2) is 9.98. The van der Waals surface area contributed by atoms with Gasteiger partial charge in [-0.25, -0.2) is 14.8 Å². The van der Waals surface area contributed by atoms with E-state index < -0.39 is 0 Å². The number of urea groups is 1. The number of anilines is 1. The van der Waals surface area contributed by atoms with Gasteiger partial charge in [0, 0.05) is 42.7 Å². The molecule has 2 fully saturated rings. The van der Waals surface area contributed by atoms with Crippen LogP contribution in [-0.4, -0.2) is 37.5 Å². The average molecular weight is 434 g/mol. The first kappa shape index (κ1) is 20.7. The normalized spacial score (nSPS) is 18.7. The molecule has 29 heavy (non-hydrogen) atoms. The number of carbonyl (C=O) groups excluding carboxylic acids is 1. The zero-order valence-electron chi connectivity index (χ0n) is 17.2. The maximum atomic E-state index is 13.3. The number of aryl methyl sites for hydroxylation is 1. The molecule has 2 aromatic heterocycles. The van der Waals surface area contributed by atoms with Crippen molar-refractivity contribution in [3.63, 3.8) is 0 Å². The minimum absolute atomic E-state index is 0.0569. The van der Waals surface area contributed by atoms with Crippen LogP contribution in [0.3, 0.4) is 0 Å². The summed E-state index contributed by atoms with van der Waals surface area (Å²) in [5.41, 5.74) is 0.986. The molecule has 4 rings (SSSR count). The van der Waals surface area contributed by atoms with E-state index in [0.29, 0.717) is 17.2 Å². The van der Waals surface area contributed by atoms with E-state index >= 15 is 0 Å². The van der Waals surface area contributed by atoms with Gasteiger partial charge < -0.3 is 9.47 Å². The predicted octanol–water partition coefficient (Wildman–Crippen LogP) is 5.67. The Morgan fingerprint density at radius 3 is 2.41 bits per heavy atom. The zero-order valence-corrected chi connectivity index (χ0v) is 18.8. The molecule has 0 bridgehead atoms. The van der Waals surface area contributed by atoms with Crippen molar-refractivity contribution in [2.45, 2.75) is 87.2 Å². The van der Waals surface area contributed by atoms with E-state index in [9.17, 15) is 4.79 Å². The Bertz CT molecular complexity index is 775. The molecule has 2 aliphatic carbocycles. The van der Waals surface area contributed by atoms with Crippen molar-refractivity contribution < 1.29 is 4.79 Å². The molecular weight excluding hydrogens is 402 g/mol. The van der Waals surface area contributed by atoms with Gasteiger partial charge in [-0.2, -0.15) is 0 Å². The molecule has 2 amide bonds. The molecule has 0 radical (unpaired) electrons. The van der Waals surface area contributed by atoms with E-state index in [1.807, 2.05) is 23.2 Å². The number of aromatic nitrogens is 3. The van der Waals surface area contributed by atoms with Crippen molar-refractivity contribution in [3.8, 4) is 0 Å². The molecular formula is C21H31N5OS2. The van der Waals surface area contributed by atoms with E-state index in [2.05, 4.69) is 20.2 Å². The maximum Gasteiger partial charge on any atom is 0.324 e. The van der Waals surface area contributed by atoms with Crippen LogP contribution < -0.4 is 5.32 Å². The number of hydrogen-bond donors (Lipinski definition) is 1. The molecule has 0 aliphatic heterocycles. The minimum atomic E-state index is 0.0569. The molecule has 2 heterocycles. The second-order valence-electron chi connectivity index (χ2n) is 8.17. The van der Waals surface area contributed by atoms with Gasteiger partial charge in [0.15, 0.2) is 10.3 Å². The molecule has 0 unspecified atom stereocenters. The molecule has 0 atom stereocenters. The number of carbonyl (C=O) groups is 1. The van der Waals surface area contributed by atoms with Crippen molar-refractivity contribution in [2.24, 2.45) is 7.05 Å². The monoisotopic (exact) mass is 433 g/mol. The van der Waals surface area contributed by atoms with Gasteiger partial charge >= 0.3 is 6.03 Å². The highest BCUT2D eigenvalue weighted by Crippen LogP contribution is 2.31. The van der Waals surface area contributed by atoms with Gasteiger partial charge in [0.05, 0.1) is 5.69 Å². The lowest BCUT2D eigenvalue weighted by Crippen LogP contribution is -2.50. The number of rotatable bonds is 6. The largest absolute Gasteiger partial charge is 0.329 e. The predicted molar refractivity (Wildman–Crippen MR) is 119 cm³/mol. The lowest BCUT2D eigenvalue weighted by molar-refractivity contribution is 0.114. The summed E-state index contributed by atoms with van der Waals surface area (Å²) in [7, 11) is 1.99. The lowest BCUT2D eigenvalue weighted by Gasteiger charge is -2.41. The van der Waals surface area contributed by atoms with Crippen molar-refractivity contribution in [2.75, 3.05) is 5.32 Å². The fourth-order valence-corrected chi connectivity index (χ4v) is 6.19. The highest BCUT2D eigenvalue weighted by atomic mass is 32.2. The molecule has 2 saturated carbocycles. The van der Waals surface area contributed by atoms with E-state index in [4.69, 9.17) is 0 Å². The Morgan fingerprint density at radius 2 is 1.83 bits per heavy atom. The van der Waals surface area contributed by atoms with Crippen LogP contribution in [-0.2, 0) is 12.8 Å². The second-order valence-corrected chi connectivity index (χ2v) is 9.98. The Kier molecular flexibility index (Phi) is 7.13. The Balaban J connectivity index is 1.39. The van der Waals surface area contributed by atoms with Gasteiger partial charge in [0.1, 0.15) is 0 Å². The third kappa shape index (κ3) is 5.34. The molecule has 0 saturated heterocycles. The quantitative estimate of drug-likeness (QED) is 0.596. The van der Waals surface area contributed by atoms with Crippen LogP contribution in [0.1, 0.15) is 69.9 Å². The fraction of sp³-hybridized carbons (Fsp3) is 0.667. The van der Waals surface area contributed by atoms with Crippen LogP contribution in [0.5, 0.6) is 0 Å². The first-order valence-corrected chi connectivity index (χ1v) is 12.7. The van der Waals surface area contributed by atoms with Crippen LogP contribution in [0.15, 0.2) is 22.9 Å². The SMILES string of the molecule is Cn1ccnc1SCc1csc(NC(=O)N(C2CCCCC2)C2CCCCC2)n1. The Morgan fingerprint density at radius 1 is 1.17 bits per heavy atom. The molecule has 2 aliphatic rings. The summed E-state index contributed by atoms with van der Waals surface area (Å²) in [5, 5.41) is 6.85. The summed E-state index contributed by atoms with van der Waals surface area (Å²) in [6.45, 7) is 0. The van der Waals surface area contributed by atoms with Gasteiger partial charge in [0.2, 0.25) is 0 Å². The van der Waals surface area contributed by atoms with Crippen LogP contribution >= 0.6 is 23.1 Å². The number of imidazole rings is 1. The number of thioether (sulfide) groups is 1. The first-order valence-electron chi connectivity index (χ1n) is 10.8. The zero-order chi connectivity index (χ0) is 20.1. The molecule has 6 nitrogen and oxygen atoms in total. The number of thiazole rings is 1. The smallest absolute Gasteiger partial charge is 0.324 e. The number of hydrogen-bond acceptors (Lipinski definition) is 5. The molecule has 2 aromatic rings. The van der Waals surface area contributed by atoms with E-state index in [1.54, 1.807) is 18.0 Å². The van der Waals surface area contributed by atoms with Gasteiger partial charge in [-0.1, -0.05) is 50.3 Å². The third-order valence-electron chi connectivity index (χ3n) is 6.06. The van der Waals surface area contributed by atoms with Gasteiger partial charge in [-0.05, 0) is 25.7 Å². The van der Waals surface area contributed by atoms with Gasteiger partial charge in [0.25, 0.3) is 0 Å². The number of amides is 2. The number of nitrogens with one attached hydrogen (secondary N) is 1. The number of nitrogens with zero attached hydrogens (tertiary/aromatic N) is 4. The topological polar surface area (TPSA) is 63.1 Å². The van der Waals surface area contributed by atoms with Crippen LogP contribution in [0.4, 0.5) is 9.93 Å². The molecule has 8 heteroatoms. The van der Waals surface area contributed by atoms with E-state index in [1.165, 1.54) is 49.9 Å². The van der Waals surface area contributed by atoms with Crippen LogP contribution in [0.2, 0.25) is 0 Å². The summed E-state index contributed by atoms with van der Waals surface area (Å²) in [5.74, 6) is 0.756. The average Bonchev–Trinajstić information content (AvgIpc) is 3.36. The third-order valence-corrected chi connectivity index (χ3v) is 7.96. The Hall–Kier alpha value is -1.54. The van der Waals surface area contributed by atoms with Crippen molar-refractivity contribution in [3.05, 3.63) is 23.5 Å².